The van der Waals surface area contributed by atoms with Crippen molar-refractivity contribution in [3.63, 3.8) is 0 Å². The molecule has 1 aliphatic rings. The minimum atomic E-state index is 0. The van der Waals surface area contributed by atoms with Gasteiger partial charge in [-0.3, -0.25) is 4.79 Å². The van der Waals surface area contributed by atoms with Gasteiger partial charge in [-0.05, 0) is 12.8 Å². The molecule has 1 aliphatic heterocycles. The summed E-state index contributed by atoms with van der Waals surface area (Å²) in [6.45, 7) is 4.18. The average molecular weight is 179 g/mol. The zero-order chi connectivity index (χ0) is 8.10. The van der Waals surface area contributed by atoms with Crippen LogP contribution in [0.15, 0.2) is 0 Å². The first-order valence-corrected chi connectivity index (χ1v) is 4.62. The van der Waals surface area contributed by atoms with E-state index in [0.717, 1.165) is 25.9 Å². The summed E-state index contributed by atoms with van der Waals surface area (Å²) in [5.41, 5.74) is 0. The molecular weight excluding hydrogens is 161 g/mol. The molecule has 0 N–H and O–H groups in total. The molecule has 3 heteroatoms. The number of likely N-dealkylation sites (tertiary alicyclic amines) is 1. The molecule has 0 saturated carbocycles. The fraction of sp³-hybridized carbons (Fsp3) is 0.889. The molecule has 0 unspecified atom stereocenters. The van der Waals surface area contributed by atoms with Crippen LogP contribution in [-0.2, 0) is 4.79 Å². The molecule has 1 amide bonds. The fourth-order valence-electron chi connectivity index (χ4n) is 1.49. The van der Waals surface area contributed by atoms with E-state index in [1.165, 1.54) is 19.3 Å². The van der Waals surface area contributed by atoms with Gasteiger partial charge < -0.3 is 6.33 Å². The Balaban J connectivity index is 0. The Morgan fingerprint density at radius 3 is 2.75 bits per heavy atom. The summed E-state index contributed by atoms with van der Waals surface area (Å²) in [7, 11) is 0. The maximum Gasteiger partial charge on any atom is 1.00 e. The third-order valence-corrected chi connectivity index (χ3v) is 2.20. The van der Waals surface area contributed by atoms with Crippen LogP contribution in [0, 0.1) is 0 Å². The van der Waals surface area contributed by atoms with Gasteiger partial charge in [-0.15, -0.1) is 0 Å². The largest absolute Gasteiger partial charge is 1.00 e. The third-order valence-electron chi connectivity index (χ3n) is 2.20. The molecule has 1 heterocycles. The van der Waals surface area contributed by atoms with Crippen molar-refractivity contribution in [3.05, 3.63) is 0 Å². The van der Waals surface area contributed by atoms with Crippen molar-refractivity contribution in [2.24, 2.45) is 0 Å². The second kappa shape index (κ2) is 6.93. The smallest absolute Gasteiger partial charge is 1.00 e. The Morgan fingerprint density at radius 1 is 1.50 bits per heavy atom. The van der Waals surface area contributed by atoms with Gasteiger partial charge in [0.2, 0.25) is 5.91 Å². The number of amides is 1. The van der Waals surface area contributed by atoms with E-state index in [-0.39, 0.29) is 31.0 Å². The monoisotopic (exact) mass is 179 g/mol. The molecular formula is C9H18NNaO. The van der Waals surface area contributed by atoms with Crippen LogP contribution in [-0.4, -0.2) is 23.9 Å². The summed E-state index contributed by atoms with van der Waals surface area (Å²) in [6.07, 6.45) is 5.53. The summed E-state index contributed by atoms with van der Waals surface area (Å²) >= 11 is 0. The van der Waals surface area contributed by atoms with Crippen molar-refractivity contribution in [2.75, 3.05) is 13.1 Å². The Labute approximate surface area is 98.5 Å². The fourth-order valence-corrected chi connectivity index (χ4v) is 1.49. The molecule has 0 radical (unpaired) electrons. The van der Waals surface area contributed by atoms with Crippen LogP contribution in [0.2, 0.25) is 0 Å². The first-order chi connectivity index (χ1) is 5.34. The van der Waals surface area contributed by atoms with Gasteiger partial charge in [0.25, 0.3) is 0 Å². The molecule has 0 aromatic carbocycles. The van der Waals surface area contributed by atoms with Gasteiger partial charge in [-0.25, -0.2) is 0 Å². The van der Waals surface area contributed by atoms with Crippen LogP contribution in [0.25, 0.3) is 0 Å². The Morgan fingerprint density at radius 2 is 2.25 bits per heavy atom. The maximum absolute atomic E-state index is 11.1. The molecule has 0 aromatic rings. The number of nitrogens with zero attached hydrogens (tertiary/aromatic N) is 1. The zero-order valence-corrected chi connectivity index (χ0v) is 10.3. The Bertz CT molecular complexity index is 144. The summed E-state index contributed by atoms with van der Waals surface area (Å²) < 4.78 is 0. The minimum Gasteiger partial charge on any atom is -1.00 e. The first kappa shape index (κ1) is 12.5. The second-order valence-corrected chi connectivity index (χ2v) is 3.19. The van der Waals surface area contributed by atoms with Crippen LogP contribution in [0.4, 0.5) is 0 Å². The molecule has 66 valence electrons. The van der Waals surface area contributed by atoms with Gasteiger partial charge in [0.05, 0.1) is 0 Å². The molecule has 12 heavy (non-hydrogen) atoms. The van der Waals surface area contributed by atoms with E-state index < -0.39 is 0 Å². The van der Waals surface area contributed by atoms with E-state index in [1.807, 2.05) is 4.90 Å². The topological polar surface area (TPSA) is 20.3 Å². The molecule has 1 rings (SSSR count). The Hall–Kier alpha value is 0.470. The van der Waals surface area contributed by atoms with Crippen LogP contribution in [0.1, 0.15) is 40.5 Å². The molecule has 0 aromatic heterocycles. The number of hydrogen-bond donors (Lipinski definition) is 0. The van der Waals surface area contributed by atoms with Crippen molar-refractivity contribution in [3.8, 4) is 0 Å². The van der Waals surface area contributed by atoms with Crippen LogP contribution < -0.4 is 29.6 Å². The van der Waals surface area contributed by atoms with E-state index in [9.17, 15) is 4.79 Å². The van der Waals surface area contributed by atoms with Gasteiger partial charge in [0.15, 0.2) is 0 Å². The van der Waals surface area contributed by atoms with Crippen molar-refractivity contribution >= 4 is 5.91 Å². The van der Waals surface area contributed by atoms with Gasteiger partial charge >= 0.3 is 29.6 Å². The molecule has 1 saturated heterocycles. The van der Waals surface area contributed by atoms with Gasteiger partial charge in [0.1, 0.15) is 0 Å². The minimum absolute atomic E-state index is 0. The van der Waals surface area contributed by atoms with Crippen molar-refractivity contribution < 1.29 is 35.8 Å². The van der Waals surface area contributed by atoms with E-state index >= 15 is 0 Å². The number of unbranched alkanes of at least 4 members (excludes halogenated alkanes) is 2. The summed E-state index contributed by atoms with van der Waals surface area (Å²) in [4.78, 5) is 13.1. The normalized spacial score (nSPS) is 16.4. The third kappa shape index (κ3) is 3.92. The maximum atomic E-state index is 11.1. The second-order valence-electron chi connectivity index (χ2n) is 3.19. The van der Waals surface area contributed by atoms with Gasteiger partial charge in [-0.2, -0.15) is 0 Å². The molecule has 0 spiro atoms. The van der Waals surface area contributed by atoms with Crippen LogP contribution >= 0.6 is 0 Å². The van der Waals surface area contributed by atoms with E-state index in [2.05, 4.69) is 6.92 Å². The molecule has 0 bridgehead atoms. The predicted molar refractivity (Wildman–Crippen MR) is 46.5 cm³/mol. The quantitative estimate of drug-likeness (QED) is 0.397. The molecule has 0 aliphatic carbocycles. The standard InChI is InChI=1S/C9H17NO.Na.H/c1-2-3-4-7-10-8-5-6-9(10)11;;/h2-8H2,1H3;;/q;+1;-1. The van der Waals surface area contributed by atoms with Gasteiger partial charge in [-0.1, -0.05) is 19.8 Å². The first-order valence-electron chi connectivity index (χ1n) is 4.62. The van der Waals surface area contributed by atoms with Crippen LogP contribution in [0.5, 0.6) is 0 Å². The number of carbonyl (C=O) groups excluding carboxylic acids is 1. The molecule has 2 nitrogen and oxygen atoms in total. The SMILES string of the molecule is CCCCCN1CCCC1=O.[H-].[Na+]. The van der Waals surface area contributed by atoms with E-state index in [0.29, 0.717) is 5.91 Å². The number of rotatable bonds is 4. The summed E-state index contributed by atoms with van der Waals surface area (Å²) in [5, 5.41) is 0. The van der Waals surface area contributed by atoms with Crippen molar-refractivity contribution in [1.82, 2.24) is 4.90 Å². The number of hydrogen-bond acceptors (Lipinski definition) is 1. The van der Waals surface area contributed by atoms with Crippen molar-refractivity contribution in [2.45, 2.75) is 39.0 Å². The van der Waals surface area contributed by atoms with Gasteiger partial charge in [0, 0.05) is 19.5 Å². The average Bonchev–Trinajstić information content (AvgIpc) is 2.37. The number of carbonyl (C=O) groups is 1. The van der Waals surface area contributed by atoms with E-state index in [1.54, 1.807) is 0 Å². The zero-order valence-electron chi connectivity index (χ0n) is 9.31. The predicted octanol–water partition coefficient (Wildman–Crippen LogP) is -1.08. The summed E-state index contributed by atoms with van der Waals surface area (Å²) in [5.74, 6) is 0.362. The molecule has 1 fully saturated rings. The Kier molecular flexibility index (Phi) is 7.20. The van der Waals surface area contributed by atoms with Crippen LogP contribution in [0.3, 0.4) is 0 Å². The molecule has 0 atom stereocenters. The summed E-state index contributed by atoms with van der Waals surface area (Å²) in [6, 6.07) is 0. The van der Waals surface area contributed by atoms with E-state index in [4.69, 9.17) is 0 Å². The van der Waals surface area contributed by atoms with Crippen molar-refractivity contribution in [1.29, 1.82) is 0 Å².